The van der Waals surface area contributed by atoms with Crippen LogP contribution in [0.2, 0.25) is 13.6 Å². The summed E-state index contributed by atoms with van der Waals surface area (Å²) in [5, 5.41) is 11.4. The zero-order chi connectivity index (χ0) is 17.6. The molecule has 0 unspecified atom stereocenters. The molecule has 0 aliphatic rings. The molecule has 0 saturated heterocycles. The largest absolute Gasteiger partial charge is 0.459 e. The Kier molecular flexibility index (Phi) is 4.00. The molecular formula is C19H19BN2O2S. The summed E-state index contributed by atoms with van der Waals surface area (Å²) in [5.41, 5.74) is 2.96. The predicted octanol–water partition coefficient (Wildman–Crippen LogP) is 4.40. The standard InChI is InChI=1S/C19H19BN2O2S/c1-12-4-5-18-13(6-12)7-14(24-18)9-22-19(23)16-11-25-10-15(16)17(21-22)8-20(2)3/h4-7,10-11H,8-9H2,1-3H3. The Bertz CT molecular complexity index is 1120. The summed E-state index contributed by atoms with van der Waals surface area (Å²) in [7, 11) is 0. The first kappa shape index (κ1) is 16.2. The van der Waals surface area contributed by atoms with E-state index in [0.29, 0.717) is 13.3 Å². The van der Waals surface area contributed by atoms with Gasteiger partial charge < -0.3 is 4.42 Å². The van der Waals surface area contributed by atoms with E-state index in [2.05, 4.69) is 31.7 Å². The zero-order valence-electron chi connectivity index (χ0n) is 14.6. The molecule has 0 spiro atoms. The van der Waals surface area contributed by atoms with E-state index in [4.69, 9.17) is 4.42 Å². The summed E-state index contributed by atoms with van der Waals surface area (Å²) in [4.78, 5) is 12.8. The molecular weight excluding hydrogens is 331 g/mol. The Balaban J connectivity index is 1.79. The quantitative estimate of drug-likeness (QED) is 0.513. The van der Waals surface area contributed by atoms with Crippen LogP contribution in [0.25, 0.3) is 21.7 Å². The lowest BCUT2D eigenvalue weighted by atomic mass is 9.51. The molecule has 0 fully saturated rings. The minimum Gasteiger partial charge on any atom is -0.459 e. The number of hydrogen-bond acceptors (Lipinski definition) is 4. The van der Waals surface area contributed by atoms with E-state index in [-0.39, 0.29) is 5.56 Å². The van der Waals surface area contributed by atoms with Crippen molar-refractivity contribution in [3.63, 3.8) is 0 Å². The molecule has 0 amide bonds. The van der Waals surface area contributed by atoms with Crippen LogP contribution in [0.15, 0.2) is 44.2 Å². The Morgan fingerprint density at radius 1 is 1.20 bits per heavy atom. The van der Waals surface area contributed by atoms with Crippen molar-refractivity contribution in [2.75, 3.05) is 0 Å². The average molecular weight is 350 g/mol. The molecule has 0 aliphatic heterocycles. The summed E-state index contributed by atoms with van der Waals surface area (Å²) < 4.78 is 7.44. The van der Waals surface area contributed by atoms with Gasteiger partial charge in [-0.2, -0.15) is 16.4 Å². The van der Waals surface area contributed by atoms with Crippen LogP contribution in [-0.4, -0.2) is 16.5 Å². The fourth-order valence-electron chi connectivity index (χ4n) is 3.16. The van der Waals surface area contributed by atoms with Gasteiger partial charge in [-0.05, 0) is 31.4 Å². The molecule has 0 aliphatic carbocycles. The zero-order valence-corrected chi connectivity index (χ0v) is 15.4. The van der Waals surface area contributed by atoms with Gasteiger partial charge in [-0.25, -0.2) is 4.68 Å². The molecule has 4 nitrogen and oxygen atoms in total. The van der Waals surface area contributed by atoms with E-state index in [0.717, 1.165) is 39.5 Å². The molecule has 3 aromatic heterocycles. The fourth-order valence-corrected chi connectivity index (χ4v) is 3.99. The van der Waals surface area contributed by atoms with Gasteiger partial charge in [0.15, 0.2) is 0 Å². The highest BCUT2D eigenvalue weighted by Crippen LogP contribution is 2.22. The van der Waals surface area contributed by atoms with Gasteiger partial charge in [0, 0.05) is 21.5 Å². The monoisotopic (exact) mass is 350 g/mol. The van der Waals surface area contributed by atoms with E-state index in [1.54, 1.807) is 11.3 Å². The molecule has 0 bridgehead atoms. The predicted molar refractivity (Wildman–Crippen MR) is 105 cm³/mol. The first-order valence-corrected chi connectivity index (χ1v) is 9.40. The van der Waals surface area contributed by atoms with Crippen molar-refractivity contribution in [1.82, 2.24) is 9.78 Å². The lowest BCUT2D eigenvalue weighted by Gasteiger charge is -2.08. The average Bonchev–Trinajstić information content (AvgIpc) is 3.17. The molecule has 4 aromatic rings. The number of thiophene rings is 1. The van der Waals surface area contributed by atoms with Crippen LogP contribution in [0.3, 0.4) is 0 Å². The van der Waals surface area contributed by atoms with E-state index < -0.39 is 0 Å². The summed E-state index contributed by atoms with van der Waals surface area (Å²) in [6.07, 6.45) is 0.854. The first-order chi connectivity index (χ1) is 12.0. The van der Waals surface area contributed by atoms with E-state index >= 15 is 0 Å². The Morgan fingerprint density at radius 3 is 2.80 bits per heavy atom. The van der Waals surface area contributed by atoms with E-state index in [1.807, 2.05) is 29.0 Å². The van der Waals surface area contributed by atoms with Crippen molar-refractivity contribution in [1.29, 1.82) is 0 Å². The summed E-state index contributed by atoms with van der Waals surface area (Å²) in [6, 6.07) is 8.08. The van der Waals surface area contributed by atoms with Crippen molar-refractivity contribution >= 4 is 39.8 Å². The molecule has 0 saturated carbocycles. The molecule has 1 aromatic carbocycles. The minimum atomic E-state index is -0.0552. The number of benzene rings is 1. The summed E-state index contributed by atoms with van der Waals surface area (Å²) in [5.74, 6) is 0.750. The van der Waals surface area contributed by atoms with Gasteiger partial charge in [0.25, 0.3) is 5.56 Å². The maximum absolute atomic E-state index is 12.8. The third kappa shape index (κ3) is 3.02. The third-order valence-electron chi connectivity index (χ3n) is 4.31. The van der Waals surface area contributed by atoms with E-state index in [1.165, 1.54) is 10.2 Å². The lowest BCUT2D eigenvalue weighted by Crippen LogP contribution is -2.25. The van der Waals surface area contributed by atoms with Crippen LogP contribution in [0.1, 0.15) is 17.0 Å². The fraction of sp³-hybridized carbons (Fsp3) is 0.263. The molecule has 126 valence electrons. The van der Waals surface area contributed by atoms with Crippen LogP contribution >= 0.6 is 11.3 Å². The van der Waals surface area contributed by atoms with E-state index in [9.17, 15) is 4.79 Å². The second-order valence-corrected chi connectivity index (χ2v) is 7.70. The van der Waals surface area contributed by atoms with Gasteiger partial charge >= 0.3 is 0 Å². The van der Waals surface area contributed by atoms with Crippen LogP contribution < -0.4 is 5.56 Å². The van der Waals surface area contributed by atoms with Gasteiger partial charge in [0.05, 0.1) is 11.1 Å². The van der Waals surface area contributed by atoms with Crippen LogP contribution in [0, 0.1) is 6.92 Å². The number of rotatable bonds is 4. The van der Waals surface area contributed by atoms with Crippen molar-refractivity contribution in [3.8, 4) is 0 Å². The normalized spacial score (nSPS) is 11.5. The Hall–Kier alpha value is -2.34. The highest BCUT2D eigenvalue weighted by Gasteiger charge is 2.15. The molecule has 0 atom stereocenters. The van der Waals surface area contributed by atoms with Gasteiger partial charge in [-0.1, -0.05) is 25.3 Å². The molecule has 6 heteroatoms. The lowest BCUT2D eigenvalue weighted by molar-refractivity contribution is 0.498. The topological polar surface area (TPSA) is 48.0 Å². The molecule has 4 rings (SSSR count). The van der Waals surface area contributed by atoms with Crippen molar-refractivity contribution < 1.29 is 4.42 Å². The Morgan fingerprint density at radius 2 is 2.00 bits per heavy atom. The summed E-state index contributed by atoms with van der Waals surface area (Å²) in [6.45, 7) is 7.22. The van der Waals surface area contributed by atoms with Crippen LogP contribution in [0.5, 0.6) is 0 Å². The smallest absolute Gasteiger partial charge is 0.275 e. The second kappa shape index (κ2) is 6.19. The number of nitrogens with zero attached hydrogens (tertiary/aromatic N) is 2. The van der Waals surface area contributed by atoms with Crippen molar-refractivity contribution in [2.45, 2.75) is 33.4 Å². The molecule has 3 heterocycles. The number of hydrogen-bond donors (Lipinski definition) is 0. The van der Waals surface area contributed by atoms with Crippen molar-refractivity contribution in [2.24, 2.45) is 0 Å². The number of fused-ring (bicyclic) bond motifs is 2. The maximum atomic E-state index is 12.8. The van der Waals surface area contributed by atoms with Gasteiger partial charge in [0.2, 0.25) is 0 Å². The van der Waals surface area contributed by atoms with Crippen LogP contribution in [-0.2, 0) is 12.9 Å². The van der Waals surface area contributed by atoms with Gasteiger partial charge in [0.1, 0.15) is 24.6 Å². The number of aryl methyl sites for hydroxylation is 1. The number of furan rings is 1. The van der Waals surface area contributed by atoms with Gasteiger partial charge in [-0.15, -0.1) is 0 Å². The van der Waals surface area contributed by atoms with Crippen molar-refractivity contribution in [3.05, 3.63) is 62.4 Å². The summed E-state index contributed by atoms with van der Waals surface area (Å²) >= 11 is 1.55. The SMILES string of the molecule is CB(C)Cc1nn(Cc2cc3cc(C)ccc3o2)c(=O)c2cscc12. The minimum absolute atomic E-state index is 0.0552. The number of aromatic nitrogens is 2. The maximum Gasteiger partial charge on any atom is 0.275 e. The Labute approximate surface area is 150 Å². The van der Waals surface area contributed by atoms with Gasteiger partial charge in [-0.3, -0.25) is 4.79 Å². The molecule has 0 radical (unpaired) electrons. The molecule has 0 N–H and O–H groups in total. The highest BCUT2D eigenvalue weighted by molar-refractivity contribution is 7.09. The van der Waals surface area contributed by atoms with Crippen LogP contribution in [0.4, 0.5) is 0 Å². The second-order valence-electron chi connectivity index (χ2n) is 6.96. The third-order valence-corrected chi connectivity index (χ3v) is 5.05. The first-order valence-electron chi connectivity index (χ1n) is 8.46. The highest BCUT2D eigenvalue weighted by atomic mass is 32.1. The molecule has 25 heavy (non-hydrogen) atoms.